The van der Waals surface area contributed by atoms with Crippen molar-refractivity contribution in [2.75, 3.05) is 11.9 Å². The van der Waals surface area contributed by atoms with Crippen molar-refractivity contribution in [1.82, 2.24) is 5.32 Å². The summed E-state index contributed by atoms with van der Waals surface area (Å²) >= 11 is 8.13. The van der Waals surface area contributed by atoms with Gasteiger partial charge in [-0.05, 0) is 28.4 Å². The number of thiophene rings is 1. The minimum absolute atomic E-state index is 0.00269. The summed E-state index contributed by atoms with van der Waals surface area (Å²) in [4.78, 5) is 11.4. The second-order valence-electron chi connectivity index (χ2n) is 2.44. The molecule has 0 aliphatic rings. The first-order valence-corrected chi connectivity index (χ1v) is 6.61. The van der Waals surface area contributed by atoms with Gasteiger partial charge in [-0.25, -0.2) is 0 Å². The Hall–Kier alpha value is 0.130. The molecule has 0 radical (unpaired) electrons. The molecule has 1 N–H and O–H groups in total. The number of carbonyl (C=O) groups excluding carboxylic acids is 1. The van der Waals surface area contributed by atoms with E-state index in [0.29, 0.717) is 0 Å². The van der Waals surface area contributed by atoms with E-state index in [2.05, 4.69) is 37.2 Å². The molecule has 0 spiro atoms. The quantitative estimate of drug-likeness (QED) is 0.668. The molecule has 5 heteroatoms. The molecular formula is C8H9Br2NOS. The average Bonchev–Trinajstić information content (AvgIpc) is 2.52. The van der Waals surface area contributed by atoms with Crippen LogP contribution in [0.5, 0.6) is 0 Å². The van der Waals surface area contributed by atoms with Crippen LogP contribution in [0.3, 0.4) is 0 Å². The lowest BCUT2D eigenvalue weighted by Gasteiger charge is -2.00. The number of hydrogen-bond acceptors (Lipinski definition) is 2. The van der Waals surface area contributed by atoms with Crippen LogP contribution in [-0.2, 0) is 0 Å². The molecule has 0 aliphatic heterocycles. The van der Waals surface area contributed by atoms with Crippen LogP contribution in [0.1, 0.15) is 16.8 Å². The van der Waals surface area contributed by atoms with Crippen LogP contribution < -0.4 is 5.32 Å². The van der Waals surface area contributed by atoms with Crippen LogP contribution in [0.4, 0.5) is 0 Å². The molecule has 1 aromatic rings. The Morgan fingerprint density at radius 2 is 2.38 bits per heavy atom. The monoisotopic (exact) mass is 325 g/mol. The molecule has 0 saturated heterocycles. The fourth-order valence-electron chi connectivity index (χ4n) is 0.800. The molecule has 0 atom stereocenters. The van der Waals surface area contributed by atoms with Gasteiger partial charge in [0.25, 0.3) is 5.91 Å². The maximum atomic E-state index is 11.4. The van der Waals surface area contributed by atoms with Crippen molar-refractivity contribution in [3.63, 3.8) is 0 Å². The molecule has 0 aliphatic carbocycles. The highest BCUT2D eigenvalue weighted by atomic mass is 79.9. The van der Waals surface area contributed by atoms with E-state index < -0.39 is 0 Å². The van der Waals surface area contributed by atoms with Crippen LogP contribution in [0.15, 0.2) is 15.2 Å². The standard InChI is InChI=1S/C8H9Br2NOS/c9-2-1-3-11-8(12)6-4-7(10)13-5-6/h4-5H,1-3H2,(H,11,12). The van der Waals surface area contributed by atoms with Crippen molar-refractivity contribution >= 4 is 49.1 Å². The predicted molar refractivity (Wildman–Crippen MR) is 62.8 cm³/mol. The summed E-state index contributed by atoms with van der Waals surface area (Å²) in [5.74, 6) is 0.00269. The Labute approximate surface area is 98.0 Å². The zero-order valence-corrected chi connectivity index (χ0v) is 10.8. The summed E-state index contributed by atoms with van der Waals surface area (Å²) in [7, 11) is 0. The molecule has 1 amide bonds. The number of carbonyl (C=O) groups is 1. The van der Waals surface area contributed by atoms with Gasteiger partial charge in [-0.15, -0.1) is 11.3 Å². The Morgan fingerprint density at radius 3 is 2.92 bits per heavy atom. The number of halogens is 2. The van der Waals surface area contributed by atoms with Gasteiger partial charge in [0.15, 0.2) is 0 Å². The molecule has 1 rings (SSSR count). The number of amides is 1. The van der Waals surface area contributed by atoms with E-state index in [9.17, 15) is 4.79 Å². The van der Waals surface area contributed by atoms with Gasteiger partial charge in [-0.3, -0.25) is 4.79 Å². The van der Waals surface area contributed by atoms with Gasteiger partial charge in [0.1, 0.15) is 0 Å². The SMILES string of the molecule is O=C(NCCCBr)c1csc(Br)c1. The van der Waals surface area contributed by atoms with Crippen LogP contribution in [0.2, 0.25) is 0 Å². The second-order valence-corrected chi connectivity index (χ2v) is 5.52. The molecule has 0 fully saturated rings. The van der Waals surface area contributed by atoms with E-state index in [1.165, 1.54) is 11.3 Å². The zero-order chi connectivity index (χ0) is 9.68. The summed E-state index contributed by atoms with van der Waals surface area (Å²) < 4.78 is 0.984. The van der Waals surface area contributed by atoms with Crippen LogP contribution in [-0.4, -0.2) is 17.8 Å². The minimum Gasteiger partial charge on any atom is -0.352 e. The van der Waals surface area contributed by atoms with Crippen molar-refractivity contribution in [3.05, 3.63) is 20.8 Å². The molecule has 0 aromatic carbocycles. The highest BCUT2D eigenvalue weighted by Crippen LogP contribution is 2.20. The number of nitrogens with one attached hydrogen (secondary N) is 1. The maximum absolute atomic E-state index is 11.4. The van der Waals surface area contributed by atoms with E-state index >= 15 is 0 Å². The number of alkyl halides is 1. The third-order valence-corrected chi connectivity index (χ3v) is 3.49. The summed E-state index contributed by atoms with van der Waals surface area (Å²) in [5, 5.41) is 5.59. The van der Waals surface area contributed by atoms with E-state index in [1.807, 2.05) is 11.4 Å². The smallest absolute Gasteiger partial charge is 0.252 e. The summed E-state index contributed by atoms with van der Waals surface area (Å²) in [5.41, 5.74) is 0.728. The molecule has 0 bridgehead atoms. The van der Waals surface area contributed by atoms with Gasteiger partial charge >= 0.3 is 0 Å². The van der Waals surface area contributed by atoms with E-state index in [4.69, 9.17) is 0 Å². The van der Waals surface area contributed by atoms with Crippen molar-refractivity contribution in [3.8, 4) is 0 Å². The third kappa shape index (κ3) is 3.79. The van der Waals surface area contributed by atoms with E-state index in [-0.39, 0.29) is 5.91 Å². The molecule has 2 nitrogen and oxygen atoms in total. The largest absolute Gasteiger partial charge is 0.352 e. The van der Waals surface area contributed by atoms with Crippen molar-refractivity contribution in [2.24, 2.45) is 0 Å². The van der Waals surface area contributed by atoms with Crippen molar-refractivity contribution < 1.29 is 4.79 Å². The van der Waals surface area contributed by atoms with Gasteiger partial charge < -0.3 is 5.32 Å². The average molecular weight is 327 g/mol. The van der Waals surface area contributed by atoms with Crippen LogP contribution in [0, 0.1) is 0 Å². The minimum atomic E-state index is 0.00269. The molecule has 72 valence electrons. The Bertz CT molecular complexity index is 287. The van der Waals surface area contributed by atoms with Gasteiger partial charge in [0, 0.05) is 17.3 Å². The van der Waals surface area contributed by atoms with Gasteiger partial charge in [-0.2, -0.15) is 0 Å². The number of rotatable bonds is 4. The topological polar surface area (TPSA) is 29.1 Å². The molecule has 13 heavy (non-hydrogen) atoms. The fraction of sp³-hybridized carbons (Fsp3) is 0.375. The highest BCUT2D eigenvalue weighted by molar-refractivity contribution is 9.11. The molecular weight excluding hydrogens is 318 g/mol. The van der Waals surface area contributed by atoms with Crippen LogP contribution in [0.25, 0.3) is 0 Å². The lowest BCUT2D eigenvalue weighted by atomic mass is 10.3. The maximum Gasteiger partial charge on any atom is 0.252 e. The lowest BCUT2D eigenvalue weighted by Crippen LogP contribution is -2.24. The zero-order valence-electron chi connectivity index (χ0n) is 6.85. The van der Waals surface area contributed by atoms with Gasteiger partial charge in [-0.1, -0.05) is 15.9 Å². The Balaban J connectivity index is 2.40. The first-order valence-electron chi connectivity index (χ1n) is 3.82. The Morgan fingerprint density at radius 1 is 1.62 bits per heavy atom. The van der Waals surface area contributed by atoms with Crippen LogP contribution >= 0.6 is 43.2 Å². The number of hydrogen-bond donors (Lipinski definition) is 1. The molecule has 0 saturated carbocycles. The highest BCUT2D eigenvalue weighted by Gasteiger charge is 2.05. The van der Waals surface area contributed by atoms with E-state index in [0.717, 1.165) is 27.6 Å². The Kier molecular flexibility index (Phi) is 4.98. The van der Waals surface area contributed by atoms with Gasteiger partial charge in [0.05, 0.1) is 9.35 Å². The predicted octanol–water partition coefficient (Wildman–Crippen LogP) is 3.03. The van der Waals surface area contributed by atoms with Crippen molar-refractivity contribution in [2.45, 2.75) is 6.42 Å². The summed E-state index contributed by atoms with van der Waals surface area (Å²) in [6, 6.07) is 1.83. The van der Waals surface area contributed by atoms with Gasteiger partial charge in [0.2, 0.25) is 0 Å². The lowest BCUT2D eigenvalue weighted by molar-refractivity contribution is 0.0954. The van der Waals surface area contributed by atoms with E-state index in [1.54, 1.807) is 0 Å². The second kappa shape index (κ2) is 5.78. The molecule has 1 aromatic heterocycles. The first kappa shape index (κ1) is 11.2. The summed E-state index contributed by atoms with van der Waals surface area (Å²) in [6.45, 7) is 0.720. The fourth-order valence-corrected chi connectivity index (χ4v) is 2.22. The van der Waals surface area contributed by atoms with Crippen molar-refractivity contribution in [1.29, 1.82) is 0 Å². The molecule has 1 heterocycles. The molecule has 0 unspecified atom stereocenters. The third-order valence-electron chi connectivity index (χ3n) is 1.43. The normalized spacial score (nSPS) is 10.0. The summed E-state index contributed by atoms with van der Waals surface area (Å²) in [6.07, 6.45) is 0.955. The first-order chi connectivity index (χ1) is 6.24.